The van der Waals surface area contributed by atoms with Crippen LogP contribution in [0.3, 0.4) is 0 Å². The summed E-state index contributed by atoms with van der Waals surface area (Å²) >= 11 is -0.0493. The van der Waals surface area contributed by atoms with Gasteiger partial charge >= 0.3 is 88.0 Å². The van der Waals surface area contributed by atoms with E-state index in [1.54, 1.807) is 0 Å². The van der Waals surface area contributed by atoms with Crippen molar-refractivity contribution in [2.75, 3.05) is 0 Å². The van der Waals surface area contributed by atoms with Crippen molar-refractivity contribution >= 4 is 29.2 Å². The first-order chi connectivity index (χ1) is 6.27. The average Bonchev–Trinajstić information content (AvgIpc) is 2.51. The van der Waals surface area contributed by atoms with Gasteiger partial charge in [-0.15, -0.1) is 0 Å². The van der Waals surface area contributed by atoms with Crippen molar-refractivity contribution in [2.45, 2.75) is 20.0 Å². The minimum absolute atomic E-state index is 0.0493. The van der Waals surface area contributed by atoms with Crippen LogP contribution in [0.2, 0.25) is 0 Å². The Morgan fingerprint density at radius 2 is 2.08 bits per heavy atom. The molecule has 2 aromatic rings. The van der Waals surface area contributed by atoms with Gasteiger partial charge in [-0.25, -0.2) is 0 Å². The second-order valence-electron chi connectivity index (χ2n) is 3.26. The van der Waals surface area contributed by atoms with Crippen LogP contribution < -0.4 is 4.74 Å². The molecule has 1 aromatic carbocycles. The predicted octanol–water partition coefficient (Wildman–Crippen LogP) is 2.68. The van der Waals surface area contributed by atoms with Crippen molar-refractivity contribution in [1.29, 1.82) is 0 Å². The van der Waals surface area contributed by atoms with Gasteiger partial charge in [0.2, 0.25) is 0 Å². The van der Waals surface area contributed by atoms with Crippen LogP contribution in [0.15, 0.2) is 28.3 Å². The van der Waals surface area contributed by atoms with Crippen molar-refractivity contribution in [1.82, 2.24) is 0 Å². The molecular weight excluding hydrogens is 276 g/mol. The molecule has 0 saturated carbocycles. The van der Waals surface area contributed by atoms with Gasteiger partial charge in [-0.2, -0.15) is 0 Å². The second-order valence-corrected chi connectivity index (χ2v) is 5.96. The van der Waals surface area contributed by atoms with Crippen LogP contribution in [-0.4, -0.2) is 26.5 Å². The van der Waals surface area contributed by atoms with E-state index in [0.717, 1.165) is 5.75 Å². The van der Waals surface area contributed by atoms with Gasteiger partial charge in [-0.3, -0.25) is 0 Å². The van der Waals surface area contributed by atoms with Crippen LogP contribution in [0.4, 0.5) is 0 Å². The fourth-order valence-electron chi connectivity index (χ4n) is 1.32. The monoisotopic (exact) mass is 290 g/mol. The molecule has 0 saturated heterocycles. The number of fused-ring (bicyclic) bond motifs is 1. The fourth-order valence-corrected chi connectivity index (χ4v) is 3.62. The Labute approximate surface area is 87.9 Å². The molecule has 1 heterocycles. The quantitative estimate of drug-likeness (QED) is 0.772. The zero-order valence-corrected chi connectivity index (χ0v) is 10.1. The molecule has 0 fully saturated rings. The minimum atomic E-state index is -0.0493. The van der Waals surface area contributed by atoms with Gasteiger partial charge in [0.05, 0.1) is 0 Å². The Balaban J connectivity index is 2.48. The number of ether oxygens (including phenoxy) is 1. The third kappa shape index (κ3) is 1.90. The first-order valence-corrected chi connectivity index (χ1v) is 6.91. The van der Waals surface area contributed by atoms with E-state index in [1.165, 1.54) is 8.79 Å². The molecule has 1 aromatic heterocycles. The van der Waals surface area contributed by atoms with Gasteiger partial charge in [0.15, 0.2) is 0 Å². The Morgan fingerprint density at radius 3 is 2.85 bits per heavy atom. The van der Waals surface area contributed by atoms with Gasteiger partial charge in [0.1, 0.15) is 0 Å². The summed E-state index contributed by atoms with van der Waals surface area (Å²) in [5.74, 6) is 1.05. The number of rotatable bonds is 2. The van der Waals surface area contributed by atoms with Crippen LogP contribution >= 0.6 is 0 Å². The summed E-state index contributed by atoms with van der Waals surface area (Å²) in [5.41, 5.74) is 0. The van der Waals surface area contributed by atoms with E-state index < -0.39 is 0 Å². The SMILES string of the molecule is CC(C)Oc1cccc2[te]ccc12. The molecule has 1 nitrogen and oxygen atoms in total. The molecule has 2 rings (SSSR count). The summed E-state index contributed by atoms with van der Waals surface area (Å²) in [6, 6.07) is 8.57. The maximum absolute atomic E-state index is 5.73. The number of hydrogen-bond acceptors (Lipinski definition) is 1. The number of hydrogen-bond donors (Lipinski definition) is 0. The normalized spacial score (nSPS) is 11.0. The first kappa shape index (κ1) is 9.12. The Morgan fingerprint density at radius 1 is 1.23 bits per heavy atom. The second kappa shape index (κ2) is 3.74. The summed E-state index contributed by atoms with van der Waals surface area (Å²) in [5, 5.41) is 1.32. The molecule has 0 amide bonds. The summed E-state index contributed by atoms with van der Waals surface area (Å²) in [6.07, 6.45) is 0.265. The zero-order valence-electron chi connectivity index (χ0n) is 7.78. The molecule has 0 unspecified atom stereocenters. The van der Waals surface area contributed by atoms with E-state index in [-0.39, 0.29) is 26.5 Å². The summed E-state index contributed by atoms with van der Waals surface area (Å²) < 4.78 is 9.54. The summed E-state index contributed by atoms with van der Waals surface area (Å²) in [4.78, 5) is 0. The predicted molar refractivity (Wildman–Crippen MR) is 56.7 cm³/mol. The van der Waals surface area contributed by atoms with Crippen molar-refractivity contribution in [3.8, 4) is 5.75 Å². The van der Waals surface area contributed by atoms with Gasteiger partial charge in [-0.1, -0.05) is 0 Å². The van der Waals surface area contributed by atoms with E-state index in [2.05, 4.69) is 42.2 Å². The topological polar surface area (TPSA) is 9.23 Å². The molecular formula is C11H12OTe. The van der Waals surface area contributed by atoms with E-state index in [4.69, 9.17) is 4.74 Å². The Bertz CT molecular complexity index is 403. The van der Waals surface area contributed by atoms with Crippen LogP contribution in [0.1, 0.15) is 13.8 Å². The standard InChI is InChI=1S/C11H12OTe/c1-8(2)12-10-4-3-5-11-9(10)6-7-13-11/h3-8H,1-2H3. The van der Waals surface area contributed by atoms with E-state index in [1.807, 2.05) is 0 Å². The summed E-state index contributed by atoms with van der Waals surface area (Å²) in [7, 11) is 0. The average molecular weight is 288 g/mol. The van der Waals surface area contributed by atoms with Crippen LogP contribution in [0.25, 0.3) is 8.79 Å². The molecule has 0 atom stereocenters. The molecule has 13 heavy (non-hydrogen) atoms. The molecule has 0 aliphatic carbocycles. The van der Waals surface area contributed by atoms with Gasteiger partial charge in [0.25, 0.3) is 0 Å². The maximum atomic E-state index is 5.73. The van der Waals surface area contributed by atoms with Crippen molar-refractivity contribution in [2.24, 2.45) is 0 Å². The van der Waals surface area contributed by atoms with Crippen molar-refractivity contribution < 1.29 is 4.74 Å². The van der Waals surface area contributed by atoms with Gasteiger partial charge in [-0.05, 0) is 0 Å². The van der Waals surface area contributed by atoms with Crippen LogP contribution in [-0.2, 0) is 0 Å². The molecule has 0 spiro atoms. The molecule has 0 bridgehead atoms. The first-order valence-electron chi connectivity index (χ1n) is 4.40. The third-order valence-electron chi connectivity index (χ3n) is 1.82. The van der Waals surface area contributed by atoms with E-state index >= 15 is 0 Å². The van der Waals surface area contributed by atoms with Crippen molar-refractivity contribution in [3.05, 3.63) is 28.3 Å². The number of benzene rings is 1. The third-order valence-corrected chi connectivity index (χ3v) is 4.34. The van der Waals surface area contributed by atoms with E-state index in [0.29, 0.717) is 0 Å². The fraction of sp³-hybridized carbons (Fsp3) is 0.273. The molecule has 2 heteroatoms. The van der Waals surface area contributed by atoms with Crippen LogP contribution in [0.5, 0.6) is 5.75 Å². The molecule has 68 valence electrons. The molecule has 0 aliphatic rings. The van der Waals surface area contributed by atoms with Gasteiger partial charge < -0.3 is 0 Å². The molecule has 0 radical (unpaired) electrons. The Kier molecular flexibility index (Phi) is 2.62. The van der Waals surface area contributed by atoms with Gasteiger partial charge in [0, 0.05) is 0 Å². The molecule has 0 aliphatic heterocycles. The Hall–Kier alpha value is -0.450. The zero-order chi connectivity index (χ0) is 9.26. The van der Waals surface area contributed by atoms with Crippen LogP contribution in [0, 0.1) is 0 Å². The van der Waals surface area contributed by atoms with Crippen molar-refractivity contribution in [3.63, 3.8) is 0 Å². The molecule has 0 N–H and O–H groups in total. The summed E-state index contributed by atoms with van der Waals surface area (Å²) in [6.45, 7) is 4.13. The van der Waals surface area contributed by atoms with E-state index in [9.17, 15) is 0 Å².